The van der Waals surface area contributed by atoms with E-state index < -0.39 is 0 Å². The SMILES string of the molecule is CCOC1CC(NCC(C)N(C)C)C12CCCC2. The van der Waals surface area contributed by atoms with Crippen LogP contribution in [-0.4, -0.2) is 50.3 Å². The zero-order valence-electron chi connectivity index (χ0n) is 12.5. The van der Waals surface area contributed by atoms with E-state index in [-0.39, 0.29) is 0 Å². The highest BCUT2D eigenvalue weighted by Gasteiger charge is 2.56. The molecule has 0 aromatic heterocycles. The maximum atomic E-state index is 5.95. The van der Waals surface area contributed by atoms with Crippen molar-refractivity contribution in [3.8, 4) is 0 Å². The van der Waals surface area contributed by atoms with Crippen LogP contribution < -0.4 is 5.32 Å². The molecule has 0 radical (unpaired) electrons. The molecule has 3 atom stereocenters. The highest BCUT2D eigenvalue weighted by molar-refractivity contribution is 5.10. The van der Waals surface area contributed by atoms with Crippen molar-refractivity contribution in [3.05, 3.63) is 0 Å². The minimum Gasteiger partial charge on any atom is -0.378 e. The number of ether oxygens (including phenoxy) is 1. The Morgan fingerprint density at radius 3 is 2.56 bits per heavy atom. The second-order valence-electron chi connectivity index (χ2n) is 6.39. The van der Waals surface area contributed by atoms with Gasteiger partial charge in [-0.15, -0.1) is 0 Å². The molecule has 1 N–H and O–H groups in total. The summed E-state index contributed by atoms with van der Waals surface area (Å²) in [5.41, 5.74) is 0.474. The third-order valence-electron chi connectivity index (χ3n) is 5.23. The second kappa shape index (κ2) is 5.89. The largest absolute Gasteiger partial charge is 0.378 e. The van der Waals surface area contributed by atoms with Gasteiger partial charge in [0.25, 0.3) is 0 Å². The van der Waals surface area contributed by atoms with Crippen molar-refractivity contribution < 1.29 is 4.74 Å². The van der Waals surface area contributed by atoms with E-state index in [0.717, 1.165) is 13.2 Å². The van der Waals surface area contributed by atoms with Gasteiger partial charge in [-0.25, -0.2) is 0 Å². The van der Waals surface area contributed by atoms with Gasteiger partial charge in [0.05, 0.1) is 6.10 Å². The van der Waals surface area contributed by atoms with Gasteiger partial charge in [0, 0.05) is 30.7 Å². The molecule has 106 valence electrons. The lowest BCUT2D eigenvalue weighted by Gasteiger charge is -2.54. The van der Waals surface area contributed by atoms with Crippen LogP contribution in [0.1, 0.15) is 46.0 Å². The average molecular weight is 254 g/mol. The van der Waals surface area contributed by atoms with Gasteiger partial charge in [0.15, 0.2) is 0 Å². The molecule has 3 nitrogen and oxygen atoms in total. The van der Waals surface area contributed by atoms with E-state index in [1.807, 2.05) is 0 Å². The third kappa shape index (κ3) is 2.59. The Morgan fingerprint density at radius 1 is 1.33 bits per heavy atom. The fourth-order valence-corrected chi connectivity index (χ4v) is 3.67. The lowest BCUT2D eigenvalue weighted by Crippen LogP contribution is -2.63. The number of hydrogen-bond acceptors (Lipinski definition) is 3. The van der Waals surface area contributed by atoms with E-state index >= 15 is 0 Å². The van der Waals surface area contributed by atoms with Crippen LogP contribution in [0.15, 0.2) is 0 Å². The second-order valence-corrected chi connectivity index (χ2v) is 6.39. The predicted molar refractivity (Wildman–Crippen MR) is 75.9 cm³/mol. The number of likely N-dealkylation sites (N-methyl/N-ethyl adjacent to an activating group) is 1. The Labute approximate surface area is 112 Å². The first-order valence-corrected chi connectivity index (χ1v) is 7.61. The average Bonchev–Trinajstić information content (AvgIpc) is 2.84. The van der Waals surface area contributed by atoms with Gasteiger partial charge in [-0.05, 0) is 47.2 Å². The number of nitrogens with zero attached hydrogens (tertiary/aromatic N) is 1. The monoisotopic (exact) mass is 254 g/mol. The molecule has 3 heteroatoms. The van der Waals surface area contributed by atoms with Crippen molar-refractivity contribution in [2.75, 3.05) is 27.2 Å². The summed E-state index contributed by atoms with van der Waals surface area (Å²) >= 11 is 0. The molecule has 0 aromatic rings. The van der Waals surface area contributed by atoms with Gasteiger partial charge < -0.3 is 15.0 Å². The Balaban J connectivity index is 1.86. The van der Waals surface area contributed by atoms with Gasteiger partial charge in [0.1, 0.15) is 0 Å². The summed E-state index contributed by atoms with van der Waals surface area (Å²) in [7, 11) is 4.31. The van der Waals surface area contributed by atoms with Crippen molar-refractivity contribution in [2.45, 2.75) is 64.1 Å². The Bertz CT molecular complexity index is 261. The molecular weight excluding hydrogens is 224 g/mol. The van der Waals surface area contributed by atoms with E-state index in [9.17, 15) is 0 Å². The normalized spacial score (nSPS) is 31.8. The summed E-state index contributed by atoms with van der Waals surface area (Å²) < 4.78 is 5.95. The molecular formula is C15H30N2O. The van der Waals surface area contributed by atoms with Crippen molar-refractivity contribution >= 4 is 0 Å². The highest BCUT2D eigenvalue weighted by Crippen LogP contribution is 2.54. The van der Waals surface area contributed by atoms with Crippen LogP contribution in [0, 0.1) is 5.41 Å². The first-order chi connectivity index (χ1) is 8.60. The maximum absolute atomic E-state index is 5.95. The molecule has 2 aliphatic carbocycles. The van der Waals surface area contributed by atoms with Gasteiger partial charge in [0.2, 0.25) is 0 Å². The maximum Gasteiger partial charge on any atom is 0.0661 e. The zero-order valence-corrected chi connectivity index (χ0v) is 12.5. The molecule has 0 bridgehead atoms. The van der Waals surface area contributed by atoms with Gasteiger partial charge in [-0.3, -0.25) is 0 Å². The minimum atomic E-state index is 0.474. The van der Waals surface area contributed by atoms with E-state index in [0.29, 0.717) is 23.6 Å². The summed E-state index contributed by atoms with van der Waals surface area (Å²) in [5.74, 6) is 0. The number of hydrogen-bond donors (Lipinski definition) is 1. The minimum absolute atomic E-state index is 0.474. The molecule has 2 rings (SSSR count). The molecule has 0 heterocycles. The van der Waals surface area contributed by atoms with Gasteiger partial charge in [-0.2, -0.15) is 0 Å². The lowest BCUT2D eigenvalue weighted by molar-refractivity contribution is -0.130. The lowest BCUT2D eigenvalue weighted by atomic mass is 9.60. The highest BCUT2D eigenvalue weighted by atomic mass is 16.5. The topological polar surface area (TPSA) is 24.5 Å². The standard InChI is InChI=1S/C15H30N2O/c1-5-18-14-10-13(15(14)8-6-7-9-15)16-11-12(2)17(3)4/h12-14,16H,5-11H2,1-4H3. The third-order valence-corrected chi connectivity index (χ3v) is 5.23. The van der Waals surface area contributed by atoms with Gasteiger partial charge in [-0.1, -0.05) is 12.8 Å². The van der Waals surface area contributed by atoms with Crippen molar-refractivity contribution in [2.24, 2.45) is 5.41 Å². The molecule has 0 aromatic carbocycles. The quantitative estimate of drug-likeness (QED) is 0.787. The van der Waals surface area contributed by atoms with E-state index in [1.165, 1.54) is 32.1 Å². The summed E-state index contributed by atoms with van der Waals surface area (Å²) in [6, 6.07) is 1.30. The first-order valence-electron chi connectivity index (χ1n) is 7.61. The first kappa shape index (κ1) is 14.3. The number of nitrogens with one attached hydrogen (secondary N) is 1. The van der Waals surface area contributed by atoms with Crippen LogP contribution in [0.3, 0.4) is 0 Å². The van der Waals surface area contributed by atoms with E-state index in [2.05, 4.69) is 38.2 Å². The van der Waals surface area contributed by atoms with Crippen LogP contribution in [0.2, 0.25) is 0 Å². The summed E-state index contributed by atoms with van der Waals surface area (Å²) in [6.45, 7) is 6.37. The molecule has 2 saturated carbocycles. The molecule has 2 aliphatic rings. The van der Waals surface area contributed by atoms with Crippen LogP contribution in [0.25, 0.3) is 0 Å². The summed E-state index contributed by atoms with van der Waals surface area (Å²) in [4.78, 5) is 2.28. The smallest absolute Gasteiger partial charge is 0.0661 e. The zero-order chi connectivity index (χ0) is 13.2. The van der Waals surface area contributed by atoms with Crippen LogP contribution in [0.4, 0.5) is 0 Å². The Kier molecular flexibility index (Phi) is 4.68. The predicted octanol–water partition coefficient (Wildman–Crippen LogP) is 2.26. The van der Waals surface area contributed by atoms with E-state index in [4.69, 9.17) is 4.74 Å². The number of rotatable bonds is 6. The van der Waals surface area contributed by atoms with Crippen LogP contribution in [-0.2, 0) is 4.74 Å². The van der Waals surface area contributed by atoms with Crippen molar-refractivity contribution in [3.63, 3.8) is 0 Å². The Hall–Kier alpha value is -0.120. The fraction of sp³-hybridized carbons (Fsp3) is 1.00. The van der Waals surface area contributed by atoms with Crippen molar-refractivity contribution in [1.29, 1.82) is 0 Å². The molecule has 0 amide bonds. The Morgan fingerprint density at radius 2 is 2.00 bits per heavy atom. The molecule has 1 spiro atoms. The fourth-order valence-electron chi connectivity index (χ4n) is 3.67. The summed E-state index contributed by atoms with van der Waals surface area (Å²) in [5, 5.41) is 3.80. The molecule has 18 heavy (non-hydrogen) atoms. The molecule has 0 saturated heterocycles. The van der Waals surface area contributed by atoms with Crippen LogP contribution >= 0.6 is 0 Å². The molecule has 3 unspecified atom stereocenters. The van der Waals surface area contributed by atoms with Crippen molar-refractivity contribution in [1.82, 2.24) is 10.2 Å². The molecule has 0 aliphatic heterocycles. The summed E-state index contributed by atoms with van der Waals surface area (Å²) in [6.07, 6.45) is 7.26. The van der Waals surface area contributed by atoms with Gasteiger partial charge >= 0.3 is 0 Å². The van der Waals surface area contributed by atoms with Crippen LogP contribution in [0.5, 0.6) is 0 Å². The van der Waals surface area contributed by atoms with E-state index in [1.54, 1.807) is 0 Å². The molecule has 2 fully saturated rings.